The minimum Gasteiger partial charge on any atom is -0.504 e. The summed E-state index contributed by atoms with van der Waals surface area (Å²) in [5, 5.41) is 70.3. The number of rotatable bonds is 12. The number of thiazole rings is 1. The SMILES string of the molecule is Nc1nc(/C(=N/OC(C(=O)O)c2ccc(O)c(O)c2)C(=O)N[C@@H]2C(=O)N3C(C(=O)O)=C(CSc4cc(C(=O)O)c5nnnn5n4)CS[C@H]23)cs1. The van der Waals surface area contributed by atoms with Crippen molar-refractivity contribution >= 4 is 81.1 Å². The molecule has 0 aliphatic carbocycles. The van der Waals surface area contributed by atoms with E-state index in [-0.39, 0.29) is 49.8 Å². The highest BCUT2D eigenvalue weighted by atomic mass is 32.2. The van der Waals surface area contributed by atoms with Gasteiger partial charge in [0.05, 0.1) is 0 Å². The van der Waals surface area contributed by atoms with Gasteiger partial charge >= 0.3 is 17.9 Å². The molecule has 21 nitrogen and oxygen atoms in total. The van der Waals surface area contributed by atoms with E-state index >= 15 is 0 Å². The lowest BCUT2D eigenvalue weighted by Crippen LogP contribution is -2.71. The first-order valence-corrected chi connectivity index (χ1v) is 16.6. The maximum atomic E-state index is 13.5. The lowest BCUT2D eigenvalue weighted by molar-refractivity contribution is -0.151. The van der Waals surface area contributed by atoms with Gasteiger partial charge in [-0.3, -0.25) is 14.5 Å². The number of oxime groups is 1. The fourth-order valence-corrected chi connectivity index (χ4v) is 7.69. The van der Waals surface area contributed by atoms with Crippen LogP contribution in [0.1, 0.15) is 27.7 Å². The first-order chi connectivity index (χ1) is 23.8. The zero-order valence-corrected chi connectivity index (χ0v) is 27.0. The van der Waals surface area contributed by atoms with Crippen LogP contribution in [0.25, 0.3) is 5.65 Å². The summed E-state index contributed by atoms with van der Waals surface area (Å²) in [6.45, 7) is 0. The molecule has 0 radical (unpaired) electrons. The molecule has 1 aromatic carbocycles. The minimum absolute atomic E-state index is 0.00475. The highest BCUT2D eigenvalue weighted by Gasteiger charge is 2.54. The summed E-state index contributed by atoms with van der Waals surface area (Å²) in [6.07, 6.45) is -1.85. The minimum atomic E-state index is -1.85. The second-order valence-corrected chi connectivity index (χ2v) is 13.2. The Bertz CT molecular complexity index is 2150. The molecule has 24 heteroatoms. The number of phenols is 2. The molecule has 258 valence electrons. The van der Waals surface area contributed by atoms with Crippen LogP contribution in [-0.4, -0.2) is 119 Å². The maximum absolute atomic E-state index is 13.5. The molecule has 2 aliphatic rings. The molecule has 0 spiro atoms. The third-order valence-electron chi connectivity index (χ3n) is 7.07. The Morgan fingerprint density at radius 3 is 2.58 bits per heavy atom. The van der Waals surface area contributed by atoms with Crippen molar-refractivity contribution in [2.24, 2.45) is 5.16 Å². The quantitative estimate of drug-likeness (QED) is 0.0323. The highest BCUT2D eigenvalue weighted by Crippen LogP contribution is 2.41. The number of phenolic OH excluding ortho intramolecular Hbond substituents is 2. The molecule has 8 N–H and O–H groups in total. The van der Waals surface area contributed by atoms with Gasteiger partial charge in [-0.2, -0.15) is 0 Å². The van der Waals surface area contributed by atoms with Crippen LogP contribution in [0.4, 0.5) is 5.13 Å². The number of amides is 2. The lowest BCUT2D eigenvalue weighted by Gasteiger charge is -2.49. The molecule has 2 amide bonds. The molecule has 6 rings (SSSR count). The normalized spacial score (nSPS) is 18.0. The molecule has 4 aromatic rings. The van der Waals surface area contributed by atoms with Crippen LogP contribution in [0.2, 0.25) is 0 Å². The summed E-state index contributed by atoms with van der Waals surface area (Å²) in [5.74, 6) is -7.08. The van der Waals surface area contributed by atoms with Crippen LogP contribution in [-0.2, 0) is 24.0 Å². The van der Waals surface area contributed by atoms with Gasteiger partial charge in [-0.05, 0) is 34.2 Å². The maximum Gasteiger partial charge on any atom is 0.352 e. The predicted octanol–water partition coefficient (Wildman–Crippen LogP) is -0.255. The zero-order chi connectivity index (χ0) is 35.9. The molecule has 1 saturated heterocycles. The number of fused-ring (bicyclic) bond motifs is 2. The van der Waals surface area contributed by atoms with Gasteiger partial charge in [0.15, 0.2) is 22.3 Å². The number of tetrazole rings is 1. The summed E-state index contributed by atoms with van der Waals surface area (Å²) >= 11 is 3.09. The second kappa shape index (κ2) is 13.5. The molecule has 0 saturated carbocycles. The average molecular weight is 745 g/mol. The van der Waals surface area contributed by atoms with E-state index in [2.05, 4.69) is 36.1 Å². The van der Waals surface area contributed by atoms with Gasteiger partial charge in [-0.15, -0.1) is 37.9 Å². The standard InChI is InChI=1S/C26H20N10O11S3/c27-26-28-11(7-50-26)15(32-47-18(25(45)46)8-1-2-12(37)13(38)3-8)20(39)29-16-21(40)35-17(24(43)44)9(6-49-22(16)35)5-48-14-4-10(23(41)42)19-30-33-34-36(19)31-14/h1-4,7,16,18,22,37-38H,5-6H2,(H2,27,28)(H,29,39)(H,41,42)(H,43,44)(H,45,46)/b32-15-/t16-,18?,22-/m1/s1. The van der Waals surface area contributed by atoms with Crippen molar-refractivity contribution in [2.75, 3.05) is 17.2 Å². The van der Waals surface area contributed by atoms with Crippen molar-refractivity contribution in [2.45, 2.75) is 22.5 Å². The van der Waals surface area contributed by atoms with E-state index in [0.717, 1.165) is 62.6 Å². The van der Waals surface area contributed by atoms with E-state index in [1.54, 1.807) is 0 Å². The Kier molecular flexibility index (Phi) is 9.13. The monoisotopic (exact) mass is 744 g/mol. The number of aromatic hydroxyl groups is 2. The summed E-state index contributed by atoms with van der Waals surface area (Å²) in [4.78, 5) is 73.0. The number of carbonyl (C=O) groups is 5. The first kappa shape index (κ1) is 33.9. The summed E-state index contributed by atoms with van der Waals surface area (Å²) in [7, 11) is 0. The number of anilines is 1. The van der Waals surface area contributed by atoms with Crippen LogP contribution in [0.3, 0.4) is 0 Å². The van der Waals surface area contributed by atoms with Crippen LogP contribution >= 0.6 is 34.9 Å². The summed E-state index contributed by atoms with van der Waals surface area (Å²) in [6, 6.07) is 3.13. The van der Waals surface area contributed by atoms with Crippen molar-refractivity contribution in [1.82, 2.24) is 40.5 Å². The Labute approximate surface area is 289 Å². The Morgan fingerprint density at radius 2 is 1.92 bits per heavy atom. The number of hydrogen-bond donors (Lipinski definition) is 7. The number of thioether (sulfide) groups is 2. The third-order valence-corrected chi connectivity index (χ3v) is 10.1. The van der Waals surface area contributed by atoms with Crippen molar-refractivity contribution in [3.8, 4) is 11.5 Å². The second-order valence-electron chi connectivity index (χ2n) is 10.2. The number of carbonyl (C=O) groups excluding carboxylic acids is 2. The summed E-state index contributed by atoms with van der Waals surface area (Å²) < 4.78 is 0.929. The Balaban J connectivity index is 1.20. The van der Waals surface area contributed by atoms with Gasteiger partial charge in [-0.1, -0.05) is 23.0 Å². The highest BCUT2D eigenvalue weighted by molar-refractivity contribution is 8.01. The topological polar surface area (TPSA) is 318 Å². The number of nitrogens with two attached hydrogens (primary N) is 1. The van der Waals surface area contributed by atoms with Crippen molar-refractivity contribution in [3.05, 3.63) is 57.7 Å². The number of aliphatic carboxylic acids is 2. The van der Waals surface area contributed by atoms with E-state index in [1.165, 1.54) is 11.4 Å². The van der Waals surface area contributed by atoms with Crippen LogP contribution in [0, 0.1) is 0 Å². The van der Waals surface area contributed by atoms with Gasteiger partial charge in [0.25, 0.3) is 11.8 Å². The van der Waals surface area contributed by atoms with Crippen LogP contribution in [0.5, 0.6) is 11.5 Å². The van der Waals surface area contributed by atoms with Crippen LogP contribution in [0.15, 0.2) is 51.1 Å². The molecular weight excluding hydrogens is 725 g/mol. The van der Waals surface area contributed by atoms with Gasteiger partial charge in [0, 0.05) is 22.4 Å². The number of nitrogens with one attached hydrogen (secondary N) is 1. The lowest BCUT2D eigenvalue weighted by atomic mass is 10.0. The van der Waals surface area contributed by atoms with Crippen LogP contribution < -0.4 is 11.1 Å². The Hall–Kier alpha value is -6.01. The number of β-lactam (4-membered cyclic amide) rings is 1. The van der Waals surface area contributed by atoms with Gasteiger partial charge in [0.1, 0.15) is 33.4 Å². The average Bonchev–Trinajstić information content (AvgIpc) is 3.73. The molecule has 3 aromatic heterocycles. The number of nitrogens with zero attached hydrogens (tertiary/aromatic N) is 8. The van der Waals surface area contributed by atoms with Crippen molar-refractivity contribution in [3.63, 3.8) is 0 Å². The molecular formula is C26H20N10O11S3. The van der Waals surface area contributed by atoms with E-state index in [1.807, 2.05) is 0 Å². The fourth-order valence-electron chi connectivity index (χ4n) is 4.77. The molecule has 5 heterocycles. The van der Waals surface area contributed by atoms with E-state index in [0.29, 0.717) is 5.57 Å². The number of hydrogen-bond acceptors (Lipinski definition) is 18. The number of carboxylic acid groups (broad SMARTS) is 3. The number of carboxylic acids is 3. The van der Waals surface area contributed by atoms with Crippen molar-refractivity contribution < 1.29 is 54.3 Å². The molecule has 0 bridgehead atoms. The fraction of sp³-hybridized carbons (Fsp3) is 0.192. The first-order valence-electron chi connectivity index (χ1n) is 13.7. The molecule has 1 fully saturated rings. The molecule has 2 aliphatic heterocycles. The Morgan fingerprint density at radius 1 is 1.14 bits per heavy atom. The largest absolute Gasteiger partial charge is 0.504 e. The zero-order valence-electron chi connectivity index (χ0n) is 24.6. The smallest absolute Gasteiger partial charge is 0.352 e. The van der Waals surface area contributed by atoms with Gasteiger partial charge < -0.3 is 41.4 Å². The number of nitrogen functional groups attached to an aromatic ring is 1. The van der Waals surface area contributed by atoms with E-state index in [9.17, 15) is 49.5 Å². The van der Waals surface area contributed by atoms with E-state index < -0.39 is 64.5 Å². The third kappa shape index (κ3) is 6.40. The van der Waals surface area contributed by atoms with Gasteiger partial charge in [0.2, 0.25) is 11.8 Å². The number of benzene rings is 1. The van der Waals surface area contributed by atoms with Crippen molar-refractivity contribution in [1.29, 1.82) is 0 Å². The van der Waals surface area contributed by atoms with E-state index in [4.69, 9.17) is 10.6 Å². The number of aromatic nitrogens is 6. The molecule has 3 atom stereocenters. The molecule has 1 unspecified atom stereocenters. The number of aromatic carboxylic acids is 1. The summed E-state index contributed by atoms with van der Waals surface area (Å²) in [5.41, 5.74) is 4.62. The van der Waals surface area contributed by atoms with Gasteiger partial charge in [-0.25, -0.2) is 19.4 Å². The molecule has 50 heavy (non-hydrogen) atoms. The predicted molar refractivity (Wildman–Crippen MR) is 170 cm³/mol.